The number of hydrogen-bond acceptors (Lipinski definition) is 5. The van der Waals surface area contributed by atoms with Gasteiger partial charge < -0.3 is 4.90 Å². The van der Waals surface area contributed by atoms with E-state index in [1.165, 1.54) is 12.8 Å². The van der Waals surface area contributed by atoms with Gasteiger partial charge in [0, 0.05) is 36.7 Å². The molecular weight excluding hydrogens is 402 g/mol. The zero-order valence-corrected chi connectivity index (χ0v) is 18.8. The minimum absolute atomic E-state index is 0.110. The zero-order valence-electron chi connectivity index (χ0n) is 18.8. The molecule has 0 N–H and O–H groups in total. The summed E-state index contributed by atoms with van der Waals surface area (Å²) >= 11 is 0. The Bertz CT molecular complexity index is 1000. The van der Waals surface area contributed by atoms with Gasteiger partial charge in [0.2, 0.25) is 11.8 Å². The summed E-state index contributed by atoms with van der Waals surface area (Å²) in [5.74, 6) is 1.97. The molecule has 4 heterocycles. The number of aryl methyl sites for hydroxylation is 1. The molecule has 7 nitrogen and oxygen atoms in total. The third-order valence-electron chi connectivity index (χ3n) is 7.00. The maximum absolute atomic E-state index is 12.8. The number of rotatable bonds is 5. The van der Waals surface area contributed by atoms with Crippen LogP contribution in [0.15, 0.2) is 30.3 Å². The Morgan fingerprint density at radius 1 is 1.06 bits per heavy atom. The standard InChI is InChI=1S/C25H31N5O2/c1-18-21-9-10-22(31)30(15-19-7-3-2-4-8-19)25(21)27-24(26-18)20-11-14-29(16-20)23(32)17-28-12-5-6-13-28/h2-4,7-8,20H,5-6,9-17H2,1H3. The van der Waals surface area contributed by atoms with Gasteiger partial charge in [0.15, 0.2) is 0 Å². The van der Waals surface area contributed by atoms with Crippen molar-refractivity contribution in [1.29, 1.82) is 0 Å². The fourth-order valence-corrected chi connectivity index (χ4v) is 5.14. The SMILES string of the molecule is Cc1nc(C2CCN(C(=O)CN3CCCC3)C2)nc2c1CCC(=O)N2Cc1ccccc1. The van der Waals surface area contributed by atoms with Crippen LogP contribution in [0.1, 0.15) is 54.2 Å². The summed E-state index contributed by atoms with van der Waals surface area (Å²) in [6.07, 6.45) is 4.44. The number of benzene rings is 1. The highest BCUT2D eigenvalue weighted by Crippen LogP contribution is 2.33. The first-order chi connectivity index (χ1) is 15.6. The molecule has 1 unspecified atom stereocenters. The molecule has 32 heavy (non-hydrogen) atoms. The van der Waals surface area contributed by atoms with Gasteiger partial charge in [-0.3, -0.25) is 19.4 Å². The van der Waals surface area contributed by atoms with Crippen molar-refractivity contribution >= 4 is 17.6 Å². The second-order valence-electron chi connectivity index (χ2n) is 9.24. The van der Waals surface area contributed by atoms with E-state index in [1.54, 1.807) is 0 Å². The van der Waals surface area contributed by atoms with Gasteiger partial charge in [-0.1, -0.05) is 30.3 Å². The highest BCUT2D eigenvalue weighted by atomic mass is 16.2. The molecule has 0 saturated carbocycles. The Morgan fingerprint density at radius 3 is 2.62 bits per heavy atom. The fourth-order valence-electron chi connectivity index (χ4n) is 5.14. The molecule has 0 spiro atoms. The number of aromatic nitrogens is 2. The summed E-state index contributed by atoms with van der Waals surface area (Å²) in [6, 6.07) is 10.0. The Hall–Kier alpha value is -2.80. The highest BCUT2D eigenvalue weighted by Gasteiger charge is 2.33. The van der Waals surface area contributed by atoms with Gasteiger partial charge in [-0.2, -0.15) is 0 Å². The molecule has 3 aliphatic heterocycles. The van der Waals surface area contributed by atoms with E-state index in [0.717, 1.165) is 54.5 Å². The molecule has 2 aromatic rings. The maximum Gasteiger partial charge on any atom is 0.236 e. The van der Waals surface area contributed by atoms with Crippen molar-refractivity contribution in [2.24, 2.45) is 0 Å². The van der Waals surface area contributed by atoms with E-state index < -0.39 is 0 Å². The monoisotopic (exact) mass is 433 g/mol. The molecule has 0 bridgehead atoms. The normalized spacial score (nSPS) is 21.3. The summed E-state index contributed by atoms with van der Waals surface area (Å²) in [5.41, 5.74) is 3.12. The topological polar surface area (TPSA) is 69.6 Å². The summed E-state index contributed by atoms with van der Waals surface area (Å²) in [6.45, 7) is 6.54. The number of anilines is 1. The minimum Gasteiger partial charge on any atom is -0.341 e. The van der Waals surface area contributed by atoms with Crippen LogP contribution in [0.3, 0.4) is 0 Å². The Balaban J connectivity index is 1.35. The first-order valence-corrected chi connectivity index (χ1v) is 11.8. The minimum atomic E-state index is 0.110. The Morgan fingerprint density at radius 2 is 1.84 bits per heavy atom. The summed E-state index contributed by atoms with van der Waals surface area (Å²) in [7, 11) is 0. The summed E-state index contributed by atoms with van der Waals surface area (Å²) in [5, 5.41) is 0. The van der Waals surface area contributed by atoms with Gasteiger partial charge >= 0.3 is 0 Å². The molecule has 2 saturated heterocycles. The molecule has 168 valence electrons. The molecule has 1 atom stereocenters. The van der Waals surface area contributed by atoms with Crippen molar-refractivity contribution in [3.05, 3.63) is 53.0 Å². The lowest BCUT2D eigenvalue weighted by molar-refractivity contribution is -0.131. The molecule has 5 rings (SSSR count). The molecule has 7 heteroatoms. The number of hydrogen-bond donors (Lipinski definition) is 0. The average molecular weight is 434 g/mol. The van der Waals surface area contributed by atoms with Crippen molar-refractivity contribution in [3.8, 4) is 0 Å². The number of carbonyl (C=O) groups excluding carboxylic acids is 2. The van der Waals surface area contributed by atoms with Crippen LogP contribution in [0.4, 0.5) is 5.82 Å². The molecule has 1 aromatic carbocycles. The second kappa shape index (κ2) is 8.98. The molecule has 0 aliphatic carbocycles. The number of fused-ring (bicyclic) bond motifs is 1. The van der Waals surface area contributed by atoms with E-state index in [0.29, 0.717) is 32.5 Å². The van der Waals surface area contributed by atoms with Gasteiger partial charge in [0.05, 0.1) is 13.1 Å². The quantitative estimate of drug-likeness (QED) is 0.725. The first-order valence-electron chi connectivity index (χ1n) is 11.8. The van der Waals surface area contributed by atoms with E-state index >= 15 is 0 Å². The average Bonchev–Trinajstić information content (AvgIpc) is 3.49. The lowest BCUT2D eigenvalue weighted by atomic mass is 10.0. The molecule has 1 aromatic heterocycles. The summed E-state index contributed by atoms with van der Waals surface area (Å²) < 4.78 is 0. The van der Waals surface area contributed by atoms with Crippen LogP contribution in [0.2, 0.25) is 0 Å². The highest BCUT2D eigenvalue weighted by molar-refractivity contribution is 5.95. The largest absolute Gasteiger partial charge is 0.341 e. The fraction of sp³-hybridized carbons (Fsp3) is 0.520. The van der Waals surface area contributed by atoms with Crippen LogP contribution >= 0.6 is 0 Å². The van der Waals surface area contributed by atoms with Gasteiger partial charge in [-0.05, 0) is 51.3 Å². The van der Waals surface area contributed by atoms with Gasteiger partial charge in [-0.25, -0.2) is 9.97 Å². The second-order valence-corrected chi connectivity index (χ2v) is 9.24. The predicted octanol–water partition coefficient (Wildman–Crippen LogP) is 2.68. The van der Waals surface area contributed by atoms with Crippen LogP contribution in [-0.2, 0) is 22.6 Å². The van der Waals surface area contributed by atoms with E-state index in [1.807, 2.05) is 47.1 Å². The number of carbonyl (C=O) groups is 2. The number of amides is 2. The van der Waals surface area contributed by atoms with Gasteiger partial charge in [0.25, 0.3) is 0 Å². The van der Waals surface area contributed by atoms with Crippen LogP contribution in [-0.4, -0.2) is 64.3 Å². The van der Waals surface area contributed by atoms with Crippen molar-refractivity contribution < 1.29 is 9.59 Å². The van der Waals surface area contributed by atoms with Crippen LogP contribution in [0.25, 0.3) is 0 Å². The lowest BCUT2D eigenvalue weighted by Crippen LogP contribution is -2.38. The van der Waals surface area contributed by atoms with Crippen molar-refractivity contribution in [3.63, 3.8) is 0 Å². The van der Waals surface area contributed by atoms with Crippen LogP contribution in [0, 0.1) is 6.92 Å². The summed E-state index contributed by atoms with van der Waals surface area (Å²) in [4.78, 5) is 41.4. The molecule has 2 amide bonds. The smallest absolute Gasteiger partial charge is 0.236 e. The van der Waals surface area contributed by atoms with Crippen molar-refractivity contribution in [1.82, 2.24) is 19.8 Å². The predicted molar refractivity (Wildman–Crippen MR) is 122 cm³/mol. The van der Waals surface area contributed by atoms with Gasteiger partial charge in [-0.15, -0.1) is 0 Å². The van der Waals surface area contributed by atoms with Crippen LogP contribution in [0.5, 0.6) is 0 Å². The third kappa shape index (κ3) is 4.26. The molecule has 0 radical (unpaired) electrons. The molecular formula is C25H31N5O2. The number of nitrogens with zero attached hydrogens (tertiary/aromatic N) is 5. The Labute approximate surface area is 189 Å². The lowest BCUT2D eigenvalue weighted by Gasteiger charge is -2.30. The van der Waals surface area contributed by atoms with Crippen molar-refractivity contribution in [2.75, 3.05) is 37.6 Å². The first kappa shape index (κ1) is 21.1. The molecule has 3 aliphatic rings. The maximum atomic E-state index is 12.8. The van der Waals surface area contributed by atoms with Gasteiger partial charge in [0.1, 0.15) is 11.6 Å². The zero-order chi connectivity index (χ0) is 22.1. The molecule has 2 fully saturated rings. The third-order valence-corrected chi connectivity index (χ3v) is 7.00. The van der Waals surface area contributed by atoms with E-state index in [-0.39, 0.29) is 17.7 Å². The number of likely N-dealkylation sites (tertiary alicyclic amines) is 2. The van der Waals surface area contributed by atoms with E-state index in [4.69, 9.17) is 9.97 Å². The van der Waals surface area contributed by atoms with E-state index in [9.17, 15) is 9.59 Å². The van der Waals surface area contributed by atoms with Crippen molar-refractivity contribution in [2.45, 2.75) is 51.5 Å². The van der Waals surface area contributed by atoms with E-state index in [2.05, 4.69) is 4.90 Å². The Kier molecular flexibility index (Phi) is 5.91. The van der Waals surface area contributed by atoms with Crippen LogP contribution < -0.4 is 4.90 Å².